The molecule has 1 N–H and O–H groups in total. The van der Waals surface area contributed by atoms with Gasteiger partial charge in [0.05, 0.1) is 10.2 Å². The second kappa shape index (κ2) is 7.10. The number of para-hydroxylation sites is 1. The average molecular weight is 358 g/mol. The minimum Gasteiger partial charge on any atom is -0.322 e. The van der Waals surface area contributed by atoms with E-state index in [0.29, 0.717) is 5.56 Å². The molecular formula is C22H18N2OS. The zero-order valence-electron chi connectivity index (χ0n) is 14.4. The fraction of sp³-hybridized carbons (Fsp3) is 0.0909. The molecule has 0 bridgehead atoms. The maximum Gasteiger partial charge on any atom is 0.256 e. The van der Waals surface area contributed by atoms with Crippen molar-refractivity contribution in [3.8, 4) is 10.6 Å². The van der Waals surface area contributed by atoms with E-state index in [-0.39, 0.29) is 5.91 Å². The van der Waals surface area contributed by atoms with E-state index in [0.717, 1.165) is 32.9 Å². The van der Waals surface area contributed by atoms with Crippen molar-refractivity contribution in [3.63, 3.8) is 0 Å². The van der Waals surface area contributed by atoms with Crippen molar-refractivity contribution in [1.29, 1.82) is 0 Å². The molecule has 0 aliphatic carbocycles. The van der Waals surface area contributed by atoms with Gasteiger partial charge in [-0.1, -0.05) is 49.4 Å². The van der Waals surface area contributed by atoms with Crippen LogP contribution in [0.3, 0.4) is 0 Å². The monoisotopic (exact) mass is 358 g/mol. The van der Waals surface area contributed by atoms with Gasteiger partial charge in [-0.3, -0.25) is 4.79 Å². The van der Waals surface area contributed by atoms with Crippen LogP contribution in [0.4, 0.5) is 5.69 Å². The van der Waals surface area contributed by atoms with Crippen molar-refractivity contribution in [3.05, 3.63) is 83.9 Å². The number of fused-ring (bicyclic) bond motifs is 1. The molecule has 0 unspecified atom stereocenters. The van der Waals surface area contributed by atoms with E-state index in [1.54, 1.807) is 11.3 Å². The number of carbonyl (C=O) groups excluding carboxylic acids is 1. The molecule has 0 atom stereocenters. The van der Waals surface area contributed by atoms with Gasteiger partial charge in [0.2, 0.25) is 0 Å². The smallest absolute Gasteiger partial charge is 0.256 e. The quantitative estimate of drug-likeness (QED) is 0.502. The van der Waals surface area contributed by atoms with Crippen molar-refractivity contribution >= 4 is 33.1 Å². The number of hydrogen-bond donors (Lipinski definition) is 1. The van der Waals surface area contributed by atoms with Gasteiger partial charge in [0.15, 0.2) is 0 Å². The molecule has 0 spiro atoms. The van der Waals surface area contributed by atoms with E-state index in [9.17, 15) is 4.79 Å². The summed E-state index contributed by atoms with van der Waals surface area (Å²) in [5, 5.41) is 3.85. The first-order chi connectivity index (χ1) is 12.7. The Balaban J connectivity index is 1.67. The third-order valence-corrected chi connectivity index (χ3v) is 5.39. The maximum absolute atomic E-state index is 12.8. The first-order valence-electron chi connectivity index (χ1n) is 8.60. The van der Waals surface area contributed by atoms with Gasteiger partial charge in [0.1, 0.15) is 5.01 Å². The van der Waals surface area contributed by atoms with Crippen LogP contribution in [0.1, 0.15) is 22.8 Å². The summed E-state index contributed by atoms with van der Waals surface area (Å²) in [6.07, 6.45) is 0.981. The van der Waals surface area contributed by atoms with Crippen LogP contribution >= 0.6 is 11.3 Å². The standard InChI is InChI=1S/C22H18N2OS/c1-2-15-11-13-16(14-12-15)23-21(25)17-7-3-4-8-18(17)22-24-19-9-5-6-10-20(19)26-22/h3-14H,2H2,1H3,(H,23,25). The molecule has 0 saturated carbocycles. The second-order valence-corrected chi connectivity index (χ2v) is 7.07. The lowest BCUT2D eigenvalue weighted by Gasteiger charge is -2.09. The molecule has 0 radical (unpaired) electrons. The number of carbonyl (C=O) groups is 1. The number of hydrogen-bond acceptors (Lipinski definition) is 3. The highest BCUT2D eigenvalue weighted by atomic mass is 32.1. The van der Waals surface area contributed by atoms with Crippen LogP contribution in [0.25, 0.3) is 20.8 Å². The molecule has 3 aromatic carbocycles. The predicted molar refractivity (Wildman–Crippen MR) is 109 cm³/mol. The van der Waals surface area contributed by atoms with Crippen LogP contribution in [-0.4, -0.2) is 10.9 Å². The highest BCUT2D eigenvalue weighted by molar-refractivity contribution is 7.21. The Labute approximate surface area is 156 Å². The molecular weight excluding hydrogens is 340 g/mol. The van der Waals surface area contributed by atoms with E-state index < -0.39 is 0 Å². The Morgan fingerprint density at radius 2 is 1.69 bits per heavy atom. The van der Waals surface area contributed by atoms with Gasteiger partial charge < -0.3 is 5.32 Å². The summed E-state index contributed by atoms with van der Waals surface area (Å²) >= 11 is 1.60. The Bertz CT molecular complexity index is 1030. The van der Waals surface area contributed by atoms with Crippen LogP contribution in [0.5, 0.6) is 0 Å². The third-order valence-electron chi connectivity index (χ3n) is 4.32. The summed E-state index contributed by atoms with van der Waals surface area (Å²) in [6.45, 7) is 2.11. The molecule has 0 saturated heterocycles. The largest absolute Gasteiger partial charge is 0.322 e. The van der Waals surface area contributed by atoms with Gasteiger partial charge in [-0.15, -0.1) is 11.3 Å². The van der Waals surface area contributed by atoms with Gasteiger partial charge in [-0.05, 0) is 42.3 Å². The van der Waals surface area contributed by atoms with Crippen LogP contribution in [0.2, 0.25) is 0 Å². The van der Waals surface area contributed by atoms with Gasteiger partial charge in [0, 0.05) is 16.8 Å². The normalized spacial score (nSPS) is 10.8. The maximum atomic E-state index is 12.8. The molecule has 1 aromatic heterocycles. The van der Waals surface area contributed by atoms with Crippen molar-refractivity contribution in [2.24, 2.45) is 0 Å². The summed E-state index contributed by atoms with van der Waals surface area (Å²) in [6, 6.07) is 23.6. The topological polar surface area (TPSA) is 42.0 Å². The number of rotatable bonds is 4. The number of nitrogens with zero attached hydrogens (tertiary/aromatic N) is 1. The van der Waals surface area contributed by atoms with Gasteiger partial charge in [0.25, 0.3) is 5.91 Å². The first-order valence-corrected chi connectivity index (χ1v) is 9.41. The summed E-state index contributed by atoms with van der Waals surface area (Å²) in [4.78, 5) is 17.5. The summed E-state index contributed by atoms with van der Waals surface area (Å²) in [5.41, 5.74) is 4.49. The van der Waals surface area contributed by atoms with Gasteiger partial charge in [-0.25, -0.2) is 4.98 Å². The van der Waals surface area contributed by atoms with E-state index in [1.165, 1.54) is 5.56 Å². The molecule has 4 aromatic rings. The summed E-state index contributed by atoms with van der Waals surface area (Å²) < 4.78 is 1.12. The van der Waals surface area contributed by atoms with Crippen molar-refractivity contribution in [1.82, 2.24) is 4.98 Å². The number of amides is 1. The Hall–Kier alpha value is -2.98. The molecule has 1 amide bonds. The third kappa shape index (κ3) is 3.24. The molecule has 1 heterocycles. The number of nitrogens with one attached hydrogen (secondary N) is 1. The second-order valence-electron chi connectivity index (χ2n) is 6.04. The zero-order valence-corrected chi connectivity index (χ0v) is 15.2. The van der Waals surface area contributed by atoms with Crippen LogP contribution in [0.15, 0.2) is 72.8 Å². The Morgan fingerprint density at radius 1 is 0.962 bits per heavy atom. The summed E-state index contributed by atoms with van der Waals surface area (Å²) in [7, 11) is 0. The van der Waals surface area contributed by atoms with E-state index >= 15 is 0 Å². The molecule has 0 aliphatic heterocycles. The highest BCUT2D eigenvalue weighted by Crippen LogP contribution is 2.32. The number of thiazole rings is 1. The Morgan fingerprint density at radius 3 is 2.46 bits per heavy atom. The van der Waals surface area contributed by atoms with E-state index in [2.05, 4.69) is 18.3 Å². The van der Waals surface area contributed by atoms with Crippen LogP contribution in [0, 0.1) is 0 Å². The Kier molecular flexibility index (Phi) is 4.50. The minimum atomic E-state index is -0.121. The molecule has 0 aliphatic rings. The lowest BCUT2D eigenvalue weighted by Crippen LogP contribution is -2.13. The first kappa shape index (κ1) is 16.5. The van der Waals surface area contributed by atoms with E-state index in [4.69, 9.17) is 4.98 Å². The fourth-order valence-electron chi connectivity index (χ4n) is 2.88. The molecule has 3 nitrogen and oxygen atoms in total. The lowest BCUT2D eigenvalue weighted by atomic mass is 10.1. The minimum absolute atomic E-state index is 0.121. The van der Waals surface area contributed by atoms with Gasteiger partial charge in [-0.2, -0.15) is 0 Å². The molecule has 0 fully saturated rings. The highest BCUT2D eigenvalue weighted by Gasteiger charge is 2.15. The fourth-order valence-corrected chi connectivity index (χ4v) is 3.88. The molecule has 4 rings (SSSR count). The predicted octanol–water partition coefficient (Wildman–Crippen LogP) is 5.78. The number of aryl methyl sites for hydroxylation is 1. The van der Waals surface area contributed by atoms with E-state index in [1.807, 2.05) is 66.7 Å². The molecule has 4 heteroatoms. The molecule has 26 heavy (non-hydrogen) atoms. The van der Waals surface area contributed by atoms with Crippen molar-refractivity contribution in [2.75, 3.05) is 5.32 Å². The van der Waals surface area contributed by atoms with Crippen molar-refractivity contribution < 1.29 is 4.79 Å². The zero-order chi connectivity index (χ0) is 17.9. The van der Waals surface area contributed by atoms with Crippen molar-refractivity contribution in [2.45, 2.75) is 13.3 Å². The lowest BCUT2D eigenvalue weighted by molar-refractivity contribution is 0.102. The van der Waals surface area contributed by atoms with Crippen LogP contribution < -0.4 is 5.32 Å². The van der Waals surface area contributed by atoms with Gasteiger partial charge >= 0.3 is 0 Å². The number of benzene rings is 3. The number of anilines is 1. The summed E-state index contributed by atoms with van der Waals surface area (Å²) in [5.74, 6) is -0.121. The van der Waals surface area contributed by atoms with Crippen LogP contribution in [-0.2, 0) is 6.42 Å². The molecule has 128 valence electrons. The SMILES string of the molecule is CCc1ccc(NC(=O)c2ccccc2-c2nc3ccccc3s2)cc1. The number of aromatic nitrogens is 1. The average Bonchev–Trinajstić information content (AvgIpc) is 3.12.